The molecule has 2 unspecified atom stereocenters. The highest BCUT2D eigenvalue weighted by atomic mass is 32.2. The molecule has 1 aromatic heterocycles. The van der Waals surface area contributed by atoms with Crippen LogP contribution in [0, 0.1) is 0 Å². The number of nitrogens with one attached hydrogen (secondary N) is 2. The maximum Gasteiger partial charge on any atom is 0.243 e. The molecule has 0 saturated carbocycles. The summed E-state index contributed by atoms with van der Waals surface area (Å²) < 4.78 is 32.3. The number of aromatic nitrogens is 2. The first kappa shape index (κ1) is 14.4. The molecule has 114 valence electrons. The quantitative estimate of drug-likeness (QED) is 0.782. The molecule has 0 spiro atoms. The lowest BCUT2D eigenvalue weighted by Crippen LogP contribution is -3.14. The molecule has 1 aromatic carbocycles. The topological polar surface area (TPSA) is 89.5 Å². The number of likely N-dealkylation sites (tertiary alicyclic amines) is 1. The second kappa shape index (κ2) is 5.70. The highest BCUT2D eigenvalue weighted by molar-refractivity contribution is 7.89. The van der Waals surface area contributed by atoms with Gasteiger partial charge in [0, 0.05) is 12.8 Å². The molecule has 0 bridgehead atoms. The molecule has 0 aliphatic carbocycles. The van der Waals surface area contributed by atoms with Gasteiger partial charge >= 0.3 is 0 Å². The molecule has 0 amide bonds. The third-order valence-corrected chi connectivity index (χ3v) is 5.60. The standard InChI is InChI=1S/C13H18N4O3S/c1-2-17-8-4-5-10(17)9-14-21(18,19)12-7-3-6-11-13(12)16-20-15-11/h3,6-7,10,14H,2,4-5,8-9H2,1H3/p+1. The van der Waals surface area contributed by atoms with E-state index < -0.39 is 10.0 Å². The van der Waals surface area contributed by atoms with E-state index in [2.05, 4.69) is 26.6 Å². The van der Waals surface area contributed by atoms with Crippen molar-refractivity contribution in [2.75, 3.05) is 19.6 Å². The van der Waals surface area contributed by atoms with Gasteiger partial charge in [-0.25, -0.2) is 17.8 Å². The molecule has 2 atom stereocenters. The van der Waals surface area contributed by atoms with Gasteiger partial charge in [0.15, 0.2) is 5.52 Å². The summed E-state index contributed by atoms with van der Waals surface area (Å²) in [6, 6.07) is 5.18. The van der Waals surface area contributed by atoms with Crippen molar-refractivity contribution < 1.29 is 17.9 Å². The highest BCUT2D eigenvalue weighted by Gasteiger charge is 2.29. The number of hydrogen-bond acceptors (Lipinski definition) is 5. The summed E-state index contributed by atoms with van der Waals surface area (Å²) in [5, 5.41) is 7.36. The van der Waals surface area contributed by atoms with E-state index in [1.54, 1.807) is 12.1 Å². The van der Waals surface area contributed by atoms with Crippen LogP contribution in [0.1, 0.15) is 19.8 Å². The number of benzene rings is 1. The highest BCUT2D eigenvalue weighted by Crippen LogP contribution is 2.19. The molecule has 8 heteroatoms. The minimum atomic E-state index is -3.60. The smallest absolute Gasteiger partial charge is 0.243 e. The molecule has 1 fully saturated rings. The molecule has 2 heterocycles. The van der Waals surface area contributed by atoms with E-state index in [4.69, 9.17) is 0 Å². The van der Waals surface area contributed by atoms with Crippen LogP contribution in [0.2, 0.25) is 0 Å². The summed E-state index contributed by atoms with van der Waals surface area (Å²) >= 11 is 0. The first-order chi connectivity index (χ1) is 10.1. The monoisotopic (exact) mass is 311 g/mol. The van der Waals surface area contributed by atoms with Crippen molar-refractivity contribution in [3.05, 3.63) is 18.2 Å². The van der Waals surface area contributed by atoms with Crippen LogP contribution in [0.3, 0.4) is 0 Å². The van der Waals surface area contributed by atoms with Gasteiger partial charge in [-0.2, -0.15) is 0 Å². The Morgan fingerprint density at radius 2 is 2.29 bits per heavy atom. The Morgan fingerprint density at radius 3 is 3.10 bits per heavy atom. The lowest BCUT2D eigenvalue weighted by Gasteiger charge is -2.20. The van der Waals surface area contributed by atoms with Gasteiger partial charge < -0.3 is 4.90 Å². The molecule has 2 aromatic rings. The molecule has 2 N–H and O–H groups in total. The molecular weight excluding hydrogens is 292 g/mol. The van der Waals surface area contributed by atoms with E-state index in [1.165, 1.54) is 11.0 Å². The molecule has 1 aliphatic heterocycles. The molecule has 1 aliphatic rings. The Kier molecular flexibility index (Phi) is 3.92. The predicted molar refractivity (Wildman–Crippen MR) is 76.4 cm³/mol. The van der Waals surface area contributed by atoms with Crippen LogP contribution < -0.4 is 9.62 Å². The van der Waals surface area contributed by atoms with Crippen LogP contribution in [0.4, 0.5) is 0 Å². The van der Waals surface area contributed by atoms with Gasteiger partial charge in [0.05, 0.1) is 19.6 Å². The second-order valence-electron chi connectivity index (χ2n) is 5.34. The average molecular weight is 311 g/mol. The summed E-state index contributed by atoms with van der Waals surface area (Å²) in [5.74, 6) is 0. The van der Waals surface area contributed by atoms with Gasteiger partial charge in [-0.1, -0.05) is 6.07 Å². The normalized spacial score (nSPS) is 22.9. The fourth-order valence-electron chi connectivity index (χ4n) is 2.98. The molecule has 3 rings (SSSR count). The first-order valence-electron chi connectivity index (χ1n) is 7.17. The van der Waals surface area contributed by atoms with Gasteiger partial charge in [-0.15, -0.1) is 0 Å². The van der Waals surface area contributed by atoms with Gasteiger partial charge in [-0.05, 0) is 29.4 Å². The lowest BCUT2D eigenvalue weighted by molar-refractivity contribution is -0.909. The van der Waals surface area contributed by atoms with Crippen molar-refractivity contribution in [1.82, 2.24) is 15.0 Å². The Morgan fingerprint density at radius 1 is 1.43 bits per heavy atom. The molecule has 1 saturated heterocycles. The van der Waals surface area contributed by atoms with Crippen LogP contribution >= 0.6 is 0 Å². The van der Waals surface area contributed by atoms with Gasteiger partial charge in [0.25, 0.3) is 0 Å². The van der Waals surface area contributed by atoms with Crippen LogP contribution in [-0.2, 0) is 10.0 Å². The van der Waals surface area contributed by atoms with Gasteiger partial charge in [0.1, 0.15) is 16.5 Å². The van der Waals surface area contributed by atoms with Crippen LogP contribution in [0.5, 0.6) is 0 Å². The van der Waals surface area contributed by atoms with Crippen molar-refractivity contribution in [1.29, 1.82) is 0 Å². The summed E-state index contributed by atoms with van der Waals surface area (Å²) in [5.41, 5.74) is 0.718. The van der Waals surface area contributed by atoms with Gasteiger partial charge in [-0.3, -0.25) is 0 Å². The predicted octanol–water partition coefficient (Wildman–Crippen LogP) is -0.432. The zero-order valence-corrected chi connectivity index (χ0v) is 12.7. The fourth-order valence-corrected chi connectivity index (χ4v) is 4.21. The zero-order chi connectivity index (χ0) is 14.9. The number of nitrogens with zero attached hydrogens (tertiary/aromatic N) is 2. The van der Waals surface area contributed by atoms with E-state index in [-0.39, 0.29) is 10.4 Å². The maximum absolute atomic E-state index is 12.5. The van der Waals surface area contributed by atoms with E-state index in [1.807, 2.05) is 0 Å². The van der Waals surface area contributed by atoms with Crippen molar-refractivity contribution in [3.63, 3.8) is 0 Å². The largest absolute Gasteiger partial charge is 0.332 e. The Hall–Kier alpha value is -1.51. The van der Waals surface area contributed by atoms with Crippen molar-refractivity contribution in [2.45, 2.75) is 30.7 Å². The Labute approximate surface area is 123 Å². The van der Waals surface area contributed by atoms with E-state index in [0.29, 0.717) is 18.1 Å². The van der Waals surface area contributed by atoms with E-state index >= 15 is 0 Å². The Balaban J connectivity index is 1.79. The number of rotatable bonds is 5. The maximum atomic E-state index is 12.5. The number of hydrogen-bond donors (Lipinski definition) is 2. The van der Waals surface area contributed by atoms with Crippen LogP contribution in [0.25, 0.3) is 11.0 Å². The minimum absolute atomic E-state index is 0.122. The van der Waals surface area contributed by atoms with Crippen molar-refractivity contribution in [3.8, 4) is 0 Å². The molecule has 21 heavy (non-hydrogen) atoms. The van der Waals surface area contributed by atoms with Crippen LogP contribution in [-0.4, -0.2) is 44.4 Å². The van der Waals surface area contributed by atoms with E-state index in [0.717, 1.165) is 25.9 Å². The van der Waals surface area contributed by atoms with Gasteiger partial charge in [0.2, 0.25) is 10.0 Å². The SMILES string of the molecule is CC[NH+]1CCCC1CNS(=O)(=O)c1cccc2nonc12. The summed E-state index contributed by atoms with van der Waals surface area (Å²) in [7, 11) is -3.60. The summed E-state index contributed by atoms with van der Waals surface area (Å²) in [6.07, 6.45) is 2.21. The fraction of sp³-hybridized carbons (Fsp3) is 0.538. The second-order valence-corrected chi connectivity index (χ2v) is 7.08. The third kappa shape index (κ3) is 2.78. The lowest BCUT2D eigenvalue weighted by atomic mass is 10.2. The van der Waals surface area contributed by atoms with Crippen molar-refractivity contribution in [2.24, 2.45) is 0 Å². The number of quaternary nitrogens is 1. The van der Waals surface area contributed by atoms with Crippen molar-refractivity contribution >= 4 is 21.1 Å². The average Bonchev–Trinajstić information content (AvgIpc) is 3.12. The zero-order valence-electron chi connectivity index (χ0n) is 11.9. The first-order valence-corrected chi connectivity index (χ1v) is 8.65. The minimum Gasteiger partial charge on any atom is -0.332 e. The number of fused-ring (bicyclic) bond motifs is 1. The summed E-state index contributed by atoms with van der Waals surface area (Å²) in [6.45, 7) is 4.72. The molecule has 0 radical (unpaired) electrons. The molecular formula is C13H19N4O3S+. The molecule has 7 nitrogen and oxygen atoms in total. The number of likely N-dealkylation sites (N-methyl/N-ethyl adjacent to an activating group) is 1. The van der Waals surface area contributed by atoms with Crippen LogP contribution in [0.15, 0.2) is 27.7 Å². The Bertz CT molecular complexity index is 728. The van der Waals surface area contributed by atoms with E-state index in [9.17, 15) is 8.42 Å². The number of sulfonamides is 1. The third-order valence-electron chi connectivity index (χ3n) is 4.14. The summed E-state index contributed by atoms with van der Waals surface area (Å²) in [4.78, 5) is 1.58.